The highest BCUT2D eigenvalue weighted by atomic mass is 16.5. The smallest absolute Gasteiger partial charge is 0.270 e. The van der Waals surface area contributed by atoms with Gasteiger partial charge in [-0.15, -0.1) is 6.58 Å². The first kappa shape index (κ1) is 14.8. The first-order chi connectivity index (χ1) is 9.99. The van der Waals surface area contributed by atoms with Crippen molar-refractivity contribution < 1.29 is 9.53 Å². The van der Waals surface area contributed by atoms with Gasteiger partial charge >= 0.3 is 0 Å². The van der Waals surface area contributed by atoms with Crippen LogP contribution >= 0.6 is 0 Å². The van der Waals surface area contributed by atoms with Gasteiger partial charge in [0.25, 0.3) is 11.5 Å². The highest BCUT2D eigenvalue weighted by Crippen LogP contribution is 2.20. The van der Waals surface area contributed by atoms with Crippen molar-refractivity contribution in [2.45, 2.75) is 6.54 Å². The summed E-state index contributed by atoms with van der Waals surface area (Å²) >= 11 is 0. The van der Waals surface area contributed by atoms with Crippen LogP contribution in [0.4, 0.5) is 0 Å². The molecule has 1 aromatic heterocycles. The first-order valence-corrected chi connectivity index (χ1v) is 6.53. The zero-order valence-corrected chi connectivity index (χ0v) is 12.4. The summed E-state index contributed by atoms with van der Waals surface area (Å²) in [6, 6.07) is 6.90. The summed E-state index contributed by atoms with van der Waals surface area (Å²) in [6.45, 7) is 3.93. The largest absolute Gasteiger partial charge is 0.497 e. The van der Waals surface area contributed by atoms with Crippen LogP contribution in [-0.4, -0.2) is 36.6 Å². The summed E-state index contributed by atoms with van der Waals surface area (Å²) in [5, 5.41) is 1.23. The van der Waals surface area contributed by atoms with Gasteiger partial charge in [0.15, 0.2) is 0 Å². The summed E-state index contributed by atoms with van der Waals surface area (Å²) in [5.74, 6) is 0.422. The Morgan fingerprint density at radius 3 is 2.67 bits per heavy atom. The van der Waals surface area contributed by atoms with Crippen molar-refractivity contribution in [2.75, 3.05) is 21.2 Å². The fourth-order valence-corrected chi connectivity index (χ4v) is 2.18. The maximum atomic E-state index is 12.6. The van der Waals surface area contributed by atoms with Crippen LogP contribution in [0, 0.1) is 0 Å². The van der Waals surface area contributed by atoms with E-state index in [2.05, 4.69) is 6.58 Å². The lowest BCUT2D eigenvalue weighted by Gasteiger charge is -2.16. The van der Waals surface area contributed by atoms with Crippen LogP contribution in [0.3, 0.4) is 0 Å². The van der Waals surface area contributed by atoms with E-state index in [1.807, 2.05) is 0 Å². The Balaban J connectivity index is 2.80. The minimum absolute atomic E-state index is 0.208. The maximum Gasteiger partial charge on any atom is 0.270 e. The molecule has 1 heterocycles. The van der Waals surface area contributed by atoms with E-state index in [9.17, 15) is 9.59 Å². The van der Waals surface area contributed by atoms with Gasteiger partial charge in [0.2, 0.25) is 0 Å². The number of aromatic nitrogens is 1. The van der Waals surface area contributed by atoms with Crippen LogP contribution in [0.2, 0.25) is 0 Å². The second-order valence-corrected chi connectivity index (χ2v) is 4.89. The van der Waals surface area contributed by atoms with E-state index in [0.29, 0.717) is 22.2 Å². The molecule has 0 unspecified atom stereocenters. The second kappa shape index (κ2) is 5.83. The summed E-state index contributed by atoms with van der Waals surface area (Å²) in [4.78, 5) is 26.3. The molecule has 2 rings (SSSR count). The molecule has 0 saturated heterocycles. The number of amides is 1. The Morgan fingerprint density at radius 2 is 2.10 bits per heavy atom. The molecule has 2 aromatic rings. The van der Waals surface area contributed by atoms with Crippen molar-refractivity contribution in [3.63, 3.8) is 0 Å². The van der Waals surface area contributed by atoms with Crippen LogP contribution < -0.4 is 10.3 Å². The molecule has 0 spiro atoms. The van der Waals surface area contributed by atoms with Crippen LogP contribution in [0.25, 0.3) is 10.8 Å². The molecule has 0 saturated carbocycles. The lowest BCUT2D eigenvalue weighted by Crippen LogP contribution is -2.31. The van der Waals surface area contributed by atoms with Crippen molar-refractivity contribution in [1.82, 2.24) is 9.47 Å². The predicted molar refractivity (Wildman–Crippen MR) is 83.0 cm³/mol. The van der Waals surface area contributed by atoms with Gasteiger partial charge in [-0.1, -0.05) is 6.08 Å². The highest BCUT2D eigenvalue weighted by molar-refractivity contribution is 5.96. The van der Waals surface area contributed by atoms with Gasteiger partial charge in [0.05, 0.1) is 7.11 Å². The highest BCUT2D eigenvalue weighted by Gasteiger charge is 2.16. The Morgan fingerprint density at radius 1 is 1.38 bits per heavy atom. The number of nitrogens with zero attached hydrogens (tertiary/aromatic N) is 2. The maximum absolute atomic E-state index is 12.6. The Bertz CT molecular complexity index is 760. The molecule has 0 aliphatic heterocycles. The standard InChI is InChI=1S/C16H18N2O3/c1-5-8-18-14(16(20)17(2)3)10-11-9-12(21-4)6-7-13(11)15(18)19/h5-7,9-10H,1,8H2,2-4H3. The molecule has 110 valence electrons. The van der Waals surface area contributed by atoms with Gasteiger partial charge in [-0.2, -0.15) is 0 Å². The molecule has 5 heteroatoms. The lowest BCUT2D eigenvalue weighted by atomic mass is 10.1. The average molecular weight is 286 g/mol. The summed E-state index contributed by atoms with van der Waals surface area (Å²) < 4.78 is 6.60. The number of allylic oxidation sites excluding steroid dienone is 1. The van der Waals surface area contributed by atoms with E-state index < -0.39 is 0 Å². The molecule has 1 aromatic carbocycles. The normalized spacial score (nSPS) is 10.4. The van der Waals surface area contributed by atoms with Crippen LogP contribution in [0.15, 0.2) is 41.7 Å². The molecule has 0 aliphatic carbocycles. The Labute approximate surface area is 123 Å². The third-order valence-electron chi connectivity index (χ3n) is 3.25. The predicted octanol–water partition coefficient (Wildman–Crippen LogP) is 1.90. The molecule has 1 amide bonds. The third-order valence-corrected chi connectivity index (χ3v) is 3.25. The van der Waals surface area contributed by atoms with Gasteiger partial charge < -0.3 is 9.64 Å². The SMILES string of the molecule is C=CCn1c(C(=O)N(C)C)cc2cc(OC)ccc2c1=O. The van der Waals surface area contributed by atoms with Crippen LogP contribution in [0.5, 0.6) is 5.75 Å². The third kappa shape index (κ3) is 2.67. The average Bonchev–Trinajstić information content (AvgIpc) is 2.48. The molecule has 0 bridgehead atoms. The molecular formula is C16H18N2O3. The molecule has 21 heavy (non-hydrogen) atoms. The number of ether oxygens (including phenoxy) is 1. The first-order valence-electron chi connectivity index (χ1n) is 6.53. The number of methoxy groups -OCH3 is 1. The van der Waals surface area contributed by atoms with E-state index in [1.165, 1.54) is 9.47 Å². The molecule has 0 aliphatic rings. The number of rotatable bonds is 4. The number of hydrogen-bond acceptors (Lipinski definition) is 3. The Hall–Kier alpha value is -2.56. The zero-order valence-electron chi connectivity index (χ0n) is 12.4. The number of carbonyl (C=O) groups excluding carboxylic acids is 1. The van der Waals surface area contributed by atoms with Gasteiger partial charge in [-0.25, -0.2) is 0 Å². The van der Waals surface area contributed by atoms with E-state index >= 15 is 0 Å². The topological polar surface area (TPSA) is 51.5 Å². The van der Waals surface area contributed by atoms with Crippen LogP contribution in [0.1, 0.15) is 10.5 Å². The number of hydrogen-bond donors (Lipinski definition) is 0. The number of pyridine rings is 1. The molecule has 0 N–H and O–H groups in total. The van der Waals surface area contributed by atoms with E-state index in [0.717, 1.165) is 0 Å². The summed E-state index contributed by atoms with van der Waals surface area (Å²) in [7, 11) is 4.87. The molecule has 0 fully saturated rings. The van der Waals surface area contributed by atoms with Gasteiger partial charge in [-0.3, -0.25) is 14.2 Å². The van der Waals surface area contributed by atoms with Crippen molar-refractivity contribution in [1.29, 1.82) is 0 Å². The molecule has 5 nitrogen and oxygen atoms in total. The van der Waals surface area contributed by atoms with Gasteiger partial charge in [-0.05, 0) is 29.7 Å². The van der Waals surface area contributed by atoms with E-state index in [1.54, 1.807) is 51.5 Å². The van der Waals surface area contributed by atoms with E-state index in [-0.39, 0.29) is 18.0 Å². The monoisotopic (exact) mass is 286 g/mol. The number of carbonyl (C=O) groups is 1. The fraction of sp³-hybridized carbons (Fsp3) is 0.250. The van der Waals surface area contributed by atoms with Crippen molar-refractivity contribution in [3.8, 4) is 5.75 Å². The quantitative estimate of drug-likeness (QED) is 0.807. The number of fused-ring (bicyclic) bond motifs is 1. The van der Waals surface area contributed by atoms with E-state index in [4.69, 9.17) is 4.74 Å². The van der Waals surface area contributed by atoms with Gasteiger partial charge in [0, 0.05) is 26.0 Å². The van der Waals surface area contributed by atoms with Crippen molar-refractivity contribution in [2.24, 2.45) is 0 Å². The van der Waals surface area contributed by atoms with Crippen molar-refractivity contribution >= 4 is 16.7 Å². The lowest BCUT2D eigenvalue weighted by molar-refractivity contribution is 0.0816. The zero-order chi connectivity index (χ0) is 15.6. The minimum atomic E-state index is -0.223. The fourth-order valence-electron chi connectivity index (χ4n) is 2.18. The minimum Gasteiger partial charge on any atom is -0.497 e. The molecular weight excluding hydrogens is 268 g/mol. The molecule has 0 atom stereocenters. The second-order valence-electron chi connectivity index (χ2n) is 4.89. The van der Waals surface area contributed by atoms with Crippen LogP contribution in [-0.2, 0) is 6.54 Å². The van der Waals surface area contributed by atoms with Gasteiger partial charge in [0.1, 0.15) is 11.4 Å². The number of benzene rings is 1. The summed E-state index contributed by atoms with van der Waals surface area (Å²) in [6.07, 6.45) is 1.60. The van der Waals surface area contributed by atoms with Crippen molar-refractivity contribution in [3.05, 3.63) is 53.0 Å². The summed E-state index contributed by atoms with van der Waals surface area (Å²) in [5.41, 5.74) is 0.130. The Kier molecular flexibility index (Phi) is 4.12. The molecule has 0 radical (unpaired) electrons.